The van der Waals surface area contributed by atoms with Gasteiger partial charge in [0.1, 0.15) is 0 Å². The Hall–Kier alpha value is -2.22. The molecule has 0 aromatic carbocycles. The molecule has 0 radical (unpaired) electrons. The minimum atomic E-state index is -0.174. The minimum Gasteiger partial charge on any atom is -0.379 e. The van der Waals surface area contributed by atoms with E-state index in [0.717, 1.165) is 23.7 Å². The largest absolute Gasteiger partial charge is 0.379 e. The fraction of sp³-hybridized carbons (Fsp3) is 0.667. The summed E-state index contributed by atoms with van der Waals surface area (Å²) in [5, 5.41) is 12.4. The van der Waals surface area contributed by atoms with Crippen molar-refractivity contribution in [1.82, 2.24) is 19.7 Å². The van der Waals surface area contributed by atoms with Crippen LogP contribution in [0, 0.1) is 17.4 Å². The number of aromatic nitrogens is 1. The number of hydrogen-bond donors (Lipinski definition) is 1. The zero-order valence-electron chi connectivity index (χ0n) is 15.7. The smallest absolute Gasteiger partial charge is 0.237 e. The quantitative estimate of drug-likeness (QED) is 0.710. The highest BCUT2D eigenvalue weighted by molar-refractivity contribution is 7.15. The Balaban J connectivity index is 1.32. The van der Waals surface area contributed by atoms with E-state index in [-0.39, 0.29) is 17.7 Å². The van der Waals surface area contributed by atoms with Gasteiger partial charge in [-0.1, -0.05) is 11.3 Å². The van der Waals surface area contributed by atoms with Crippen LogP contribution >= 0.6 is 11.3 Å². The van der Waals surface area contributed by atoms with E-state index in [1.165, 1.54) is 11.3 Å². The van der Waals surface area contributed by atoms with Crippen molar-refractivity contribution in [2.24, 2.45) is 5.92 Å². The van der Waals surface area contributed by atoms with Crippen molar-refractivity contribution in [3.8, 4) is 6.19 Å². The summed E-state index contributed by atoms with van der Waals surface area (Å²) < 4.78 is 5.33. The summed E-state index contributed by atoms with van der Waals surface area (Å²) in [4.78, 5) is 36.3. The number of fused-ring (bicyclic) bond motifs is 1. The lowest BCUT2D eigenvalue weighted by atomic mass is 10.1. The number of carbonyl (C=O) groups is 2. The molecule has 10 heteroatoms. The van der Waals surface area contributed by atoms with Gasteiger partial charge in [0.2, 0.25) is 11.8 Å². The number of nitriles is 1. The Morgan fingerprint density at radius 3 is 2.86 bits per heavy atom. The van der Waals surface area contributed by atoms with Crippen LogP contribution in [-0.2, 0) is 27.3 Å². The summed E-state index contributed by atoms with van der Waals surface area (Å²) in [6, 6.07) is 0. The number of amides is 2. The molecular formula is C18H24N6O3S. The third-order valence-electron chi connectivity index (χ3n) is 5.48. The van der Waals surface area contributed by atoms with Crippen LogP contribution < -0.4 is 5.32 Å². The van der Waals surface area contributed by atoms with Crippen molar-refractivity contribution in [3.05, 3.63) is 10.6 Å². The van der Waals surface area contributed by atoms with Crippen molar-refractivity contribution >= 4 is 28.3 Å². The van der Waals surface area contributed by atoms with Crippen molar-refractivity contribution in [2.75, 3.05) is 57.8 Å². The van der Waals surface area contributed by atoms with Crippen LogP contribution in [0.3, 0.4) is 0 Å². The van der Waals surface area contributed by atoms with E-state index < -0.39 is 0 Å². The fourth-order valence-electron chi connectivity index (χ4n) is 3.78. The number of thiazole rings is 1. The molecule has 0 aliphatic carbocycles. The number of anilines is 1. The summed E-state index contributed by atoms with van der Waals surface area (Å²) in [6.07, 6.45) is 3.49. The van der Waals surface area contributed by atoms with Gasteiger partial charge in [0.25, 0.3) is 0 Å². The predicted molar refractivity (Wildman–Crippen MR) is 102 cm³/mol. The van der Waals surface area contributed by atoms with Crippen LogP contribution in [0.25, 0.3) is 0 Å². The molecule has 150 valence electrons. The number of carbonyl (C=O) groups excluding carboxylic acids is 2. The molecule has 3 aliphatic rings. The second-order valence-corrected chi connectivity index (χ2v) is 8.45. The van der Waals surface area contributed by atoms with Crippen LogP contribution in [-0.4, -0.2) is 84.0 Å². The zero-order valence-corrected chi connectivity index (χ0v) is 16.5. The molecule has 2 fully saturated rings. The van der Waals surface area contributed by atoms with Crippen LogP contribution in [0.4, 0.5) is 5.13 Å². The van der Waals surface area contributed by atoms with Crippen LogP contribution in [0.1, 0.15) is 17.0 Å². The zero-order chi connectivity index (χ0) is 19.5. The first-order chi connectivity index (χ1) is 13.6. The van der Waals surface area contributed by atoms with E-state index in [1.807, 2.05) is 4.90 Å². The van der Waals surface area contributed by atoms with E-state index in [9.17, 15) is 9.59 Å². The third kappa shape index (κ3) is 4.27. The van der Waals surface area contributed by atoms with E-state index in [2.05, 4.69) is 21.4 Å². The van der Waals surface area contributed by atoms with Gasteiger partial charge in [0.05, 0.1) is 37.9 Å². The molecule has 9 nitrogen and oxygen atoms in total. The first kappa shape index (κ1) is 19.1. The Labute approximate surface area is 167 Å². The van der Waals surface area contributed by atoms with Crippen LogP contribution in [0.5, 0.6) is 0 Å². The molecule has 1 atom stereocenters. The minimum absolute atomic E-state index is 0.0795. The topological polar surface area (TPSA) is 102 Å². The molecule has 2 amide bonds. The normalized spacial score (nSPS) is 22.6. The van der Waals surface area contributed by atoms with E-state index in [0.29, 0.717) is 63.9 Å². The summed E-state index contributed by atoms with van der Waals surface area (Å²) in [5.74, 6) is -0.120. The summed E-state index contributed by atoms with van der Waals surface area (Å²) in [5.41, 5.74) is 0.973. The number of morpholine rings is 1. The van der Waals surface area contributed by atoms with Gasteiger partial charge < -0.3 is 19.9 Å². The maximum Gasteiger partial charge on any atom is 0.237 e. The molecule has 4 rings (SSSR count). The number of ether oxygens (including phenoxy) is 1. The Morgan fingerprint density at radius 1 is 1.29 bits per heavy atom. The molecule has 0 bridgehead atoms. The summed E-state index contributed by atoms with van der Waals surface area (Å²) in [6.45, 7) is 5.70. The molecule has 4 heterocycles. The molecule has 0 unspecified atom stereocenters. The Morgan fingerprint density at radius 2 is 2.11 bits per heavy atom. The SMILES string of the molecule is N#CN1CC[C@@H](C(=O)Nc2nc3c(s2)CN(C(=O)CN2CCOCC2)CC3)C1. The second-order valence-electron chi connectivity index (χ2n) is 7.36. The van der Waals surface area contributed by atoms with Gasteiger partial charge >= 0.3 is 0 Å². The van der Waals surface area contributed by atoms with Crippen LogP contribution in [0.15, 0.2) is 0 Å². The molecule has 1 aromatic rings. The Kier molecular flexibility index (Phi) is 5.75. The van der Waals surface area contributed by atoms with Crippen LogP contribution in [0.2, 0.25) is 0 Å². The second kappa shape index (κ2) is 8.43. The van der Waals surface area contributed by atoms with E-state index >= 15 is 0 Å². The highest BCUT2D eigenvalue weighted by atomic mass is 32.1. The maximum absolute atomic E-state index is 12.6. The molecule has 3 aliphatic heterocycles. The summed E-state index contributed by atoms with van der Waals surface area (Å²) in [7, 11) is 0. The molecule has 2 saturated heterocycles. The number of hydrogen-bond acceptors (Lipinski definition) is 8. The number of nitrogens with zero attached hydrogens (tertiary/aromatic N) is 5. The van der Waals surface area contributed by atoms with Crippen molar-refractivity contribution in [1.29, 1.82) is 5.26 Å². The highest BCUT2D eigenvalue weighted by Crippen LogP contribution is 2.29. The number of nitrogens with one attached hydrogen (secondary N) is 1. The molecule has 1 aromatic heterocycles. The van der Waals surface area contributed by atoms with Gasteiger partial charge in [-0.2, -0.15) is 5.26 Å². The van der Waals surface area contributed by atoms with Gasteiger partial charge in [-0.15, -0.1) is 0 Å². The van der Waals surface area contributed by atoms with Gasteiger partial charge in [-0.3, -0.25) is 14.5 Å². The van der Waals surface area contributed by atoms with Crippen molar-refractivity contribution < 1.29 is 14.3 Å². The third-order valence-corrected chi connectivity index (χ3v) is 6.47. The van der Waals surface area contributed by atoms with Crippen molar-refractivity contribution in [2.45, 2.75) is 19.4 Å². The fourth-order valence-corrected chi connectivity index (χ4v) is 4.81. The average molecular weight is 404 g/mol. The maximum atomic E-state index is 12.6. The van der Waals surface area contributed by atoms with Gasteiger partial charge in [-0.25, -0.2) is 4.98 Å². The standard InChI is InChI=1S/C18H24N6O3S/c19-12-23-3-1-13(9-23)17(26)21-18-20-14-2-4-24(10-15(14)28-18)16(25)11-22-5-7-27-8-6-22/h13H,1-11H2,(H,20,21,26)/t13-/m1/s1. The van der Waals surface area contributed by atoms with Crippen molar-refractivity contribution in [3.63, 3.8) is 0 Å². The van der Waals surface area contributed by atoms with Gasteiger partial charge in [0.15, 0.2) is 11.3 Å². The molecule has 28 heavy (non-hydrogen) atoms. The number of likely N-dealkylation sites (tertiary alicyclic amines) is 1. The predicted octanol–water partition coefficient (Wildman–Crippen LogP) is 0.101. The molecule has 0 spiro atoms. The lowest BCUT2D eigenvalue weighted by Gasteiger charge is -2.31. The first-order valence-electron chi connectivity index (χ1n) is 9.64. The van der Waals surface area contributed by atoms with E-state index in [1.54, 1.807) is 4.90 Å². The summed E-state index contributed by atoms with van der Waals surface area (Å²) >= 11 is 1.45. The van der Waals surface area contributed by atoms with E-state index in [4.69, 9.17) is 10.00 Å². The lowest BCUT2D eigenvalue weighted by molar-refractivity contribution is -0.134. The molecule has 1 N–H and O–H groups in total. The monoisotopic (exact) mass is 404 g/mol. The van der Waals surface area contributed by atoms with Gasteiger partial charge in [0, 0.05) is 44.0 Å². The highest BCUT2D eigenvalue weighted by Gasteiger charge is 2.30. The Bertz CT molecular complexity index is 785. The lowest BCUT2D eigenvalue weighted by Crippen LogP contribution is -2.45. The number of rotatable bonds is 4. The first-order valence-corrected chi connectivity index (χ1v) is 10.5. The molecular weight excluding hydrogens is 380 g/mol. The average Bonchev–Trinajstić information content (AvgIpc) is 3.34. The van der Waals surface area contributed by atoms with Gasteiger partial charge in [-0.05, 0) is 6.42 Å². The molecule has 0 saturated carbocycles.